The van der Waals surface area contributed by atoms with Crippen LogP contribution in [0.5, 0.6) is 5.75 Å². The maximum Gasteiger partial charge on any atom is 0.240 e. The van der Waals surface area contributed by atoms with Gasteiger partial charge in [-0.2, -0.15) is 5.10 Å². The highest BCUT2D eigenvalue weighted by atomic mass is 35.5. The molecule has 136 valence electrons. The van der Waals surface area contributed by atoms with Crippen molar-refractivity contribution in [1.29, 1.82) is 0 Å². The molecule has 2 heterocycles. The number of rotatable bonds is 6. The van der Waals surface area contributed by atoms with Crippen molar-refractivity contribution in [1.82, 2.24) is 19.5 Å². The minimum absolute atomic E-state index is 0.0686. The quantitative estimate of drug-likeness (QED) is 0.696. The first-order valence-corrected chi connectivity index (χ1v) is 9.52. The topological polar surface area (TPSA) is 86.1 Å². The third-order valence-corrected chi connectivity index (χ3v) is 5.51. The summed E-state index contributed by atoms with van der Waals surface area (Å²) in [4.78, 5) is 4.25. The van der Waals surface area contributed by atoms with Crippen molar-refractivity contribution in [3.63, 3.8) is 0 Å². The Bertz CT molecular complexity index is 1030. The maximum absolute atomic E-state index is 12.5. The van der Waals surface area contributed by atoms with E-state index in [1.54, 1.807) is 23.3 Å². The fourth-order valence-corrected chi connectivity index (χ4v) is 3.82. The number of pyridine rings is 1. The molecule has 0 aliphatic carbocycles. The van der Waals surface area contributed by atoms with Gasteiger partial charge < -0.3 is 4.74 Å². The largest absolute Gasteiger partial charge is 0.495 e. The lowest BCUT2D eigenvalue weighted by Crippen LogP contribution is -2.23. The summed E-state index contributed by atoms with van der Waals surface area (Å²) in [7, 11) is -0.416. The number of nitrogens with one attached hydrogen (secondary N) is 1. The second-order valence-corrected chi connectivity index (χ2v) is 7.72. The van der Waals surface area contributed by atoms with Gasteiger partial charge in [-0.25, -0.2) is 13.1 Å². The summed E-state index contributed by atoms with van der Waals surface area (Å²) in [6, 6.07) is 8.05. The fraction of sp³-hybridized carbons (Fsp3) is 0.176. The lowest BCUT2D eigenvalue weighted by atomic mass is 10.1. The van der Waals surface area contributed by atoms with Gasteiger partial charge in [-0.3, -0.25) is 9.67 Å². The first kappa shape index (κ1) is 18.4. The molecule has 3 aromatic rings. The summed E-state index contributed by atoms with van der Waals surface area (Å²) >= 11 is 6.01. The Labute approximate surface area is 156 Å². The van der Waals surface area contributed by atoms with Crippen LogP contribution in [0.3, 0.4) is 0 Å². The molecule has 26 heavy (non-hydrogen) atoms. The van der Waals surface area contributed by atoms with Crippen molar-refractivity contribution in [2.45, 2.75) is 11.4 Å². The molecule has 0 spiro atoms. The van der Waals surface area contributed by atoms with Crippen LogP contribution in [0.15, 0.2) is 53.8 Å². The van der Waals surface area contributed by atoms with E-state index >= 15 is 0 Å². The van der Waals surface area contributed by atoms with E-state index < -0.39 is 10.0 Å². The molecule has 1 aromatic carbocycles. The molecule has 0 amide bonds. The molecule has 0 saturated heterocycles. The molecule has 0 atom stereocenters. The highest BCUT2D eigenvalue weighted by molar-refractivity contribution is 7.89. The van der Waals surface area contributed by atoms with Gasteiger partial charge in [0.15, 0.2) is 0 Å². The van der Waals surface area contributed by atoms with Gasteiger partial charge in [0.2, 0.25) is 10.0 Å². The molecule has 3 rings (SSSR count). The number of aryl methyl sites for hydroxylation is 1. The molecule has 0 fully saturated rings. The van der Waals surface area contributed by atoms with Crippen molar-refractivity contribution in [3.05, 3.63) is 59.5 Å². The Hall–Kier alpha value is -2.42. The molecule has 0 saturated carbocycles. The van der Waals surface area contributed by atoms with E-state index in [0.29, 0.717) is 5.75 Å². The molecule has 0 unspecified atom stereocenters. The number of hydrogen-bond donors (Lipinski definition) is 1. The van der Waals surface area contributed by atoms with Crippen LogP contribution in [0.4, 0.5) is 0 Å². The van der Waals surface area contributed by atoms with E-state index in [1.165, 1.54) is 25.3 Å². The van der Waals surface area contributed by atoms with E-state index in [1.807, 2.05) is 19.2 Å². The third-order valence-electron chi connectivity index (χ3n) is 3.81. The highest BCUT2D eigenvalue weighted by Gasteiger charge is 2.16. The number of nitrogens with zero attached hydrogens (tertiary/aromatic N) is 3. The van der Waals surface area contributed by atoms with Crippen molar-refractivity contribution >= 4 is 21.6 Å². The summed E-state index contributed by atoms with van der Waals surface area (Å²) in [5, 5.41) is 4.36. The summed E-state index contributed by atoms with van der Waals surface area (Å²) < 4.78 is 34.3. The number of sulfonamides is 1. The van der Waals surface area contributed by atoms with Crippen molar-refractivity contribution in [3.8, 4) is 17.0 Å². The van der Waals surface area contributed by atoms with Gasteiger partial charge >= 0.3 is 0 Å². The number of ether oxygens (including phenoxy) is 1. The van der Waals surface area contributed by atoms with Gasteiger partial charge in [0, 0.05) is 37.7 Å². The molecule has 7 nitrogen and oxygen atoms in total. The fourth-order valence-electron chi connectivity index (χ4n) is 2.46. The Morgan fingerprint density at radius 1 is 1.23 bits per heavy atom. The molecular formula is C17H17ClN4O3S. The zero-order valence-corrected chi connectivity index (χ0v) is 15.8. The second kappa shape index (κ2) is 7.45. The van der Waals surface area contributed by atoms with Gasteiger partial charge in [-0.1, -0.05) is 11.6 Å². The van der Waals surface area contributed by atoms with E-state index in [4.69, 9.17) is 16.3 Å². The average molecular weight is 393 g/mol. The smallest absolute Gasteiger partial charge is 0.240 e. The molecule has 2 aromatic heterocycles. The molecule has 0 radical (unpaired) electrons. The Morgan fingerprint density at radius 3 is 2.69 bits per heavy atom. The lowest BCUT2D eigenvalue weighted by molar-refractivity contribution is 0.414. The van der Waals surface area contributed by atoms with Gasteiger partial charge in [0.1, 0.15) is 5.75 Å². The number of aromatic nitrogens is 3. The molecule has 9 heteroatoms. The van der Waals surface area contributed by atoms with E-state index in [9.17, 15) is 8.42 Å². The third kappa shape index (κ3) is 3.87. The number of hydrogen-bond acceptors (Lipinski definition) is 5. The molecular weight excluding hydrogens is 376 g/mol. The van der Waals surface area contributed by atoms with Crippen molar-refractivity contribution in [2.24, 2.45) is 7.05 Å². The van der Waals surface area contributed by atoms with Crippen molar-refractivity contribution < 1.29 is 13.2 Å². The standard InChI is InChI=1S/C17H17ClN4O3S/c1-22-16(5-6-20-22)13-7-12(9-19-11-13)10-21-26(23,24)14-3-4-17(25-2)15(18)8-14/h3-9,11,21H,10H2,1-2H3. The van der Waals surface area contributed by atoms with Crippen LogP contribution in [0.1, 0.15) is 5.56 Å². The molecule has 0 bridgehead atoms. The zero-order valence-electron chi connectivity index (χ0n) is 14.2. The van der Waals surface area contributed by atoms with Crippen LogP contribution < -0.4 is 9.46 Å². The summed E-state index contributed by atoms with van der Waals surface area (Å²) in [6.45, 7) is 0.102. The monoisotopic (exact) mass is 392 g/mol. The van der Waals surface area contributed by atoms with E-state index in [0.717, 1.165) is 16.8 Å². The Balaban J connectivity index is 1.78. The van der Waals surface area contributed by atoms with Crippen LogP contribution in [0, 0.1) is 0 Å². The van der Waals surface area contributed by atoms with Gasteiger partial charge in [-0.05, 0) is 35.9 Å². The first-order chi connectivity index (χ1) is 12.4. The summed E-state index contributed by atoms with van der Waals surface area (Å²) in [5.41, 5.74) is 2.48. The SMILES string of the molecule is COc1ccc(S(=O)(=O)NCc2cncc(-c3ccnn3C)c2)cc1Cl. The van der Waals surface area contributed by atoms with E-state index in [2.05, 4.69) is 14.8 Å². The Kier molecular flexibility index (Phi) is 5.26. The van der Waals surface area contributed by atoms with Crippen LogP contribution in [-0.2, 0) is 23.6 Å². The van der Waals surface area contributed by atoms with E-state index in [-0.39, 0.29) is 16.5 Å². The van der Waals surface area contributed by atoms with Crippen LogP contribution in [0.25, 0.3) is 11.3 Å². The summed E-state index contributed by atoms with van der Waals surface area (Å²) in [5.74, 6) is 0.415. The van der Waals surface area contributed by atoms with Gasteiger partial charge in [0.05, 0.1) is 22.7 Å². The van der Waals surface area contributed by atoms with Crippen molar-refractivity contribution in [2.75, 3.05) is 7.11 Å². The predicted molar refractivity (Wildman–Crippen MR) is 98.5 cm³/mol. The minimum Gasteiger partial charge on any atom is -0.495 e. The Morgan fingerprint density at radius 2 is 2.04 bits per heavy atom. The minimum atomic E-state index is -3.72. The summed E-state index contributed by atoms with van der Waals surface area (Å²) in [6.07, 6.45) is 5.01. The van der Waals surface area contributed by atoms with Crippen LogP contribution in [-0.4, -0.2) is 30.3 Å². The predicted octanol–water partition coefficient (Wildman–Crippen LogP) is 2.62. The number of benzene rings is 1. The highest BCUT2D eigenvalue weighted by Crippen LogP contribution is 2.27. The average Bonchev–Trinajstić information content (AvgIpc) is 3.06. The maximum atomic E-state index is 12.5. The van der Waals surface area contributed by atoms with Gasteiger partial charge in [0.25, 0.3) is 0 Å². The van der Waals surface area contributed by atoms with Crippen LogP contribution >= 0.6 is 11.6 Å². The van der Waals surface area contributed by atoms with Gasteiger partial charge in [-0.15, -0.1) is 0 Å². The molecule has 0 aliphatic heterocycles. The lowest BCUT2D eigenvalue weighted by Gasteiger charge is -2.10. The molecule has 0 aliphatic rings. The van der Waals surface area contributed by atoms with Crippen LogP contribution in [0.2, 0.25) is 5.02 Å². The molecule has 1 N–H and O–H groups in total. The zero-order chi connectivity index (χ0) is 18.7. The number of methoxy groups -OCH3 is 1. The number of halogens is 1. The normalized spacial score (nSPS) is 11.5. The first-order valence-electron chi connectivity index (χ1n) is 7.66. The second-order valence-electron chi connectivity index (χ2n) is 5.54.